The Kier molecular flexibility index (Phi) is 3.22. The molecule has 3 aromatic rings. The highest BCUT2D eigenvalue weighted by Crippen LogP contribution is 2.17. The summed E-state index contributed by atoms with van der Waals surface area (Å²) in [6, 6.07) is 9.64. The number of hydrogen-bond acceptors (Lipinski definition) is 2. The molecule has 1 amide bonds. The Morgan fingerprint density at radius 3 is 2.57 bits per heavy atom. The van der Waals surface area contributed by atoms with Gasteiger partial charge in [-0.25, -0.2) is 4.98 Å². The fourth-order valence-electron chi connectivity index (χ4n) is 2.56. The molecule has 2 aromatic heterocycles. The van der Waals surface area contributed by atoms with Gasteiger partial charge in [0, 0.05) is 18.1 Å². The molecule has 106 valence electrons. The highest BCUT2D eigenvalue weighted by atomic mass is 16.1. The van der Waals surface area contributed by atoms with Crippen molar-refractivity contribution in [2.75, 3.05) is 5.32 Å². The first kappa shape index (κ1) is 13.4. The van der Waals surface area contributed by atoms with E-state index in [0.29, 0.717) is 11.2 Å². The largest absolute Gasteiger partial charge is 0.322 e. The molecule has 1 aromatic carbocycles. The first-order chi connectivity index (χ1) is 10.0. The van der Waals surface area contributed by atoms with Gasteiger partial charge in [-0.15, -0.1) is 0 Å². The Bertz CT molecular complexity index is 813. The summed E-state index contributed by atoms with van der Waals surface area (Å²) in [5.41, 5.74) is 5.20. The van der Waals surface area contributed by atoms with Gasteiger partial charge in [-0.1, -0.05) is 6.07 Å². The molecule has 4 nitrogen and oxygen atoms in total. The van der Waals surface area contributed by atoms with Crippen LogP contribution in [0.4, 0.5) is 5.69 Å². The molecule has 0 bridgehead atoms. The van der Waals surface area contributed by atoms with Gasteiger partial charge >= 0.3 is 0 Å². The van der Waals surface area contributed by atoms with Gasteiger partial charge in [0.15, 0.2) is 0 Å². The SMILES string of the molecule is Cc1cc(C)cc(NC(=O)c2cccn3cc(C)nc23)c1. The molecule has 0 saturated carbocycles. The lowest BCUT2D eigenvalue weighted by molar-refractivity contribution is 0.102. The summed E-state index contributed by atoms with van der Waals surface area (Å²) in [5, 5.41) is 2.95. The molecule has 0 aliphatic rings. The summed E-state index contributed by atoms with van der Waals surface area (Å²) < 4.78 is 1.87. The number of carbonyl (C=O) groups is 1. The maximum absolute atomic E-state index is 12.5. The number of benzene rings is 1. The summed E-state index contributed by atoms with van der Waals surface area (Å²) in [7, 11) is 0. The molecule has 4 heteroatoms. The van der Waals surface area contributed by atoms with E-state index in [-0.39, 0.29) is 5.91 Å². The molecule has 0 atom stereocenters. The minimum atomic E-state index is -0.142. The van der Waals surface area contributed by atoms with Crippen LogP contribution in [-0.4, -0.2) is 15.3 Å². The monoisotopic (exact) mass is 279 g/mol. The van der Waals surface area contributed by atoms with Crippen LogP contribution in [0.3, 0.4) is 0 Å². The van der Waals surface area contributed by atoms with Crippen molar-refractivity contribution >= 4 is 17.2 Å². The second-order valence-electron chi connectivity index (χ2n) is 5.37. The first-order valence-corrected chi connectivity index (χ1v) is 6.87. The number of carbonyl (C=O) groups excluding carboxylic acids is 1. The standard InChI is InChI=1S/C17H17N3O/c1-11-7-12(2)9-14(8-11)19-17(21)15-5-4-6-20-10-13(3)18-16(15)20/h4-10H,1-3H3,(H,19,21). The average molecular weight is 279 g/mol. The van der Waals surface area contributed by atoms with Crippen LogP contribution in [0.5, 0.6) is 0 Å². The van der Waals surface area contributed by atoms with Crippen molar-refractivity contribution in [1.29, 1.82) is 0 Å². The Labute approximate surface area is 123 Å². The van der Waals surface area contributed by atoms with Gasteiger partial charge in [0.25, 0.3) is 5.91 Å². The molecule has 3 rings (SSSR count). The number of hydrogen-bond donors (Lipinski definition) is 1. The zero-order valence-electron chi connectivity index (χ0n) is 12.3. The van der Waals surface area contributed by atoms with Gasteiger partial charge in [0.2, 0.25) is 0 Å². The Hall–Kier alpha value is -2.62. The van der Waals surface area contributed by atoms with E-state index in [9.17, 15) is 4.79 Å². The molecule has 0 spiro atoms. The van der Waals surface area contributed by atoms with Crippen molar-refractivity contribution in [3.05, 3.63) is 65.1 Å². The lowest BCUT2D eigenvalue weighted by atomic mass is 10.1. The molecule has 0 fully saturated rings. The van der Waals surface area contributed by atoms with Crippen LogP contribution in [0, 0.1) is 20.8 Å². The van der Waals surface area contributed by atoms with Gasteiger partial charge in [-0.2, -0.15) is 0 Å². The van der Waals surface area contributed by atoms with Crippen molar-refractivity contribution in [2.24, 2.45) is 0 Å². The summed E-state index contributed by atoms with van der Waals surface area (Å²) >= 11 is 0. The van der Waals surface area contributed by atoms with E-state index in [0.717, 1.165) is 22.5 Å². The second-order valence-corrected chi connectivity index (χ2v) is 5.37. The summed E-state index contributed by atoms with van der Waals surface area (Å²) in [5.74, 6) is -0.142. The lowest BCUT2D eigenvalue weighted by Crippen LogP contribution is -2.13. The summed E-state index contributed by atoms with van der Waals surface area (Å²) in [6.07, 6.45) is 3.80. The zero-order valence-corrected chi connectivity index (χ0v) is 12.3. The Morgan fingerprint density at radius 2 is 1.86 bits per heavy atom. The number of fused-ring (bicyclic) bond motifs is 1. The number of imidazole rings is 1. The van der Waals surface area contributed by atoms with Crippen LogP contribution in [0.15, 0.2) is 42.7 Å². The van der Waals surface area contributed by atoms with Crippen molar-refractivity contribution in [2.45, 2.75) is 20.8 Å². The van der Waals surface area contributed by atoms with E-state index in [2.05, 4.69) is 16.4 Å². The molecule has 2 heterocycles. The van der Waals surface area contributed by atoms with Crippen LogP contribution in [-0.2, 0) is 0 Å². The number of pyridine rings is 1. The molecular weight excluding hydrogens is 262 g/mol. The third-order valence-corrected chi connectivity index (χ3v) is 3.33. The zero-order chi connectivity index (χ0) is 15.0. The van der Waals surface area contributed by atoms with Crippen LogP contribution in [0.25, 0.3) is 5.65 Å². The number of nitrogens with zero attached hydrogens (tertiary/aromatic N) is 2. The third-order valence-electron chi connectivity index (χ3n) is 3.33. The fourth-order valence-corrected chi connectivity index (χ4v) is 2.56. The topological polar surface area (TPSA) is 46.4 Å². The highest BCUT2D eigenvalue weighted by molar-refractivity contribution is 6.08. The number of amides is 1. The molecule has 0 saturated heterocycles. The lowest BCUT2D eigenvalue weighted by Gasteiger charge is -2.08. The van der Waals surface area contributed by atoms with E-state index in [1.807, 2.05) is 55.8 Å². The summed E-state index contributed by atoms with van der Waals surface area (Å²) in [6.45, 7) is 5.95. The number of rotatable bonds is 2. The third kappa shape index (κ3) is 2.65. The molecule has 0 unspecified atom stereocenters. The number of anilines is 1. The normalized spacial score (nSPS) is 10.8. The first-order valence-electron chi connectivity index (χ1n) is 6.87. The predicted molar refractivity (Wildman–Crippen MR) is 83.8 cm³/mol. The van der Waals surface area contributed by atoms with E-state index in [1.54, 1.807) is 6.07 Å². The van der Waals surface area contributed by atoms with Gasteiger partial charge in [-0.05, 0) is 56.2 Å². The van der Waals surface area contributed by atoms with Crippen LogP contribution >= 0.6 is 0 Å². The number of aromatic nitrogens is 2. The van der Waals surface area contributed by atoms with E-state index < -0.39 is 0 Å². The smallest absolute Gasteiger partial charge is 0.259 e. The van der Waals surface area contributed by atoms with Gasteiger partial charge < -0.3 is 9.72 Å². The van der Waals surface area contributed by atoms with E-state index in [4.69, 9.17) is 0 Å². The maximum Gasteiger partial charge on any atom is 0.259 e. The minimum absolute atomic E-state index is 0.142. The number of nitrogens with one attached hydrogen (secondary N) is 1. The highest BCUT2D eigenvalue weighted by Gasteiger charge is 2.12. The number of aryl methyl sites for hydroxylation is 3. The van der Waals surface area contributed by atoms with Crippen molar-refractivity contribution < 1.29 is 4.79 Å². The van der Waals surface area contributed by atoms with E-state index >= 15 is 0 Å². The van der Waals surface area contributed by atoms with Crippen LogP contribution in [0.1, 0.15) is 27.2 Å². The average Bonchev–Trinajstić information content (AvgIpc) is 2.77. The van der Waals surface area contributed by atoms with Crippen molar-refractivity contribution in [3.8, 4) is 0 Å². The van der Waals surface area contributed by atoms with Crippen LogP contribution in [0.2, 0.25) is 0 Å². The summed E-state index contributed by atoms with van der Waals surface area (Å²) in [4.78, 5) is 16.9. The molecular formula is C17H17N3O. The van der Waals surface area contributed by atoms with Crippen molar-refractivity contribution in [3.63, 3.8) is 0 Å². The van der Waals surface area contributed by atoms with Crippen LogP contribution < -0.4 is 5.32 Å². The van der Waals surface area contributed by atoms with Gasteiger partial charge in [0.05, 0.1) is 11.3 Å². The van der Waals surface area contributed by atoms with Gasteiger partial charge in [-0.3, -0.25) is 4.79 Å². The molecule has 1 N–H and O–H groups in total. The fraction of sp³-hybridized carbons (Fsp3) is 0.176. The minimum Gasteiger partial charge on any atom is -0.322 e. The molecule has 0 radical (unpaired) electrons. The molecule has 21 heavy (non-hydrogen) atoms. The van der Waals surface area contributed by atoms with Crippen molar-refractivity contribution in [1.82, 2.24) is 9.38 Å². The Morgan fingerprint density at radius 1 is 1.14 bits per heavy atom. The van der Waals surface area contributed by atoms with Gasteiger partial charge in [0.1, 0.15) is 5.65 Å². The second kappa shape index (κ2) is 5.05. The molecule has 0 aliphatic carbocycles. The Balaban J connectivity index is 1.97. The maximum atomic E-state index is 12.5. The van der Waals surface area contributed by atoms with E-state index in [1.165, 1.54) is 0 Å². The molecule has 0 aliphatic heterocycles. The quantitative estimate of drug-likeness (QED) is 0.780. The predicted octanol–water partition coefficient (Wildman–Crippen LogP) is 3.51.